The molecule has 0 aromatic carbocycles. The molecule has 2 fully saturated rings. The molecule has 0 aromatic heterocycles. The maximum atomic E-state index is 12.7. The molecule has 45 heteroatoms. The second kappa shape index (κ2) is 52.3. The van der Waals surface area contributed by atoms with Gasteiger partial charge in [0.05, 0.1) is 70.2 Å². The molecule has 0 bridgehead atoms. The van der Waals surface area contributed by atoms with Gasteiger partial charge in [0.25, 0.3) is 62.4 Å². The molecule has 5 amide bonds. The van der Waals surface area contributed by atoms with E-state index in [-0.39, 0.29) is 164 Å². The van der Waals surface area contributed by atoms with E-state index in [1.807, 2.05) is 55.4 Å². The van der Waals surface area contributed by atoms with Crippen LogP contribution in [-0.4, -0.2) is 237 Å². The summed E-state index contributed by atoms with van der Waals surface area (Å²) in [6.07, 6.45) is -0.520. The Kier molecular flexibility index (Phi) is 54.2. The van der Waals surface area contributed by atoms with Crippen molar-refractivity contribution in [3.8, 4) is 0 Å². The Morgan fingerprint density at radius 2 is 0.810 bits per heavy atom. The van der Waals surface area contributed by atoms with Gasteiger partial charge >= 0.3 is 53.8 Å². The van der Waals surface area contributed by atoms with Gasteiger partial charge in [-0.2, -0.15) is 42.1 Å². The van der Waals surface area contributed by atoms with Crippen LogP contribution in [0, 0.1) is 45.3 Å². The number of ether oxygens (including phenoxy) is 3. The summed E-state index contributed by atoms with van der Waals surface area (Å²) in [6.45, 7) is 45.1. The van der Waals surface area contributed by atoms with Crippen LogP contribution in [-0.2, 0) is 121 Å². The molecule has 10 N–H and O–H groups in total. The molecule has 0 spiro atoms. The van der Waals surface area contributed by atoms with E-state index in [0.29, 0.717) is 37.3 Å². The van der Waals surface area contributed by atoms with Crippen LogP contribution in [0.1, 0.15) is 244 Å². The van der Waals surface area contributed by atoms with E-state index in [2.05, 4.69) is 19.6 Å². The topological polar surface area (TPSA) is 598 Å². The molecule has 0 aromatic rings. The molecule has 116 heavy (non-hydrogen) atoms. The van der Waals surface area contributed by atoms with Crippen LogP contribution in [0.4, 0.5) is 14.4 Å². The first-order chi connectivity index (χ1) is 51.3. The molecule has 680 valence electrons. The predicted octanol–water partition coefficient (Wildman–Crippen LogP) is 3.24. The van der Waals surface area contributed by atoms with Gasteiger partial charge in [0.2, 0.25) is 0 Å². The number of imide groups is 1. The standard InChI is InChI=1S/C19H37NO9S2.C16H31NO4.C14H22N2O6.C14H29NO7S2.C5H13NO.C3H6O5S2.Na/c1-14(2)16(20-17(22)29-18(3,4)5)15(21)9-10-19(6,7)13-28-31(26,27)12-8-11-30(23,24)25;1-11(2)13(17-14(20)21-15(3,4)5)12(19)8-9-16(6,7)10-18;1-8(2)11(15-13(20)21-14(3,4)5)12(19)22-16-9(17)6-7-10(16)18;1-11(2)13(15)12(16)6-7-14(3,4)10-22-24(20,21)9-5-8-23(17,18)19;1-5(2,3-6)4-7;4-9(5)2-1-3-10(6,7)8-9;/h14,16H,8-13H2,1-7H3,(H,20,22)(H,23,24,25);11,13,18H,8-10H2,1-7H3,(H,17,20);8,11H,6-7H2,1-5H3,(H,15,20);11,13H,5-10,15H2,1-4H3,(H,17,18,19);7H,3-4,6H2,1-2H3;1-3H2;/q;;;;;;+1/p-1/t16-;13-;11-;13-;;;/m0000.../s1. The second-order valence-corrected chi connectivity index (χ2v) is 45.4. The fourth-order valence-electron chi connectivity index (χ4n) is 8.45. The van der Waals surface area contributed by atoms with Crippen LogP contribution in [0.3, 0.4) is 0 Å². The molecule has 2 aliphatic rings. The number of nitrogens with one attached hydrogen (secondary N) is 3. The number of hydrogen-bond acceptors (Lipinski definition) is 33. The van der Waals surface area contributed by atoms with Crippen LogP contribution < -0.4 is 57.0 Å². The molecule has 38 nitrogen and oxygen atoms in total. The first-order valence-electron chi connectivity index (χ1n) is 37.4. The Labute approximate surface area is 712 Å². The SMILES string of the molecule is CC(C)(CN)CO.CC(C)[C@H](N)C(=O)CCC(C)(C)COS(=O)(=O)CCCS(=O)(=O)O.CC(C)[C@H](NC(=O)OC(C)(C)C)C(=O)CCC(C)(C)CO.CC(C)[C@H](NC(=O)OC(C)(C)C)C(=O)CCC(C)(C)COS(=O)(=O)CCCS(=O)(=O)[O-].CC(C)[C@H](NC(=O)OC(C)(C)C)C(=O)ON1C(=O)CCC1=O.O=S1(=O)CCCS(=O)(=O)O1.[Na+]. The smallest absolute Gasteiger partial charge is 0.748 e. The largest absolute Gasteiger partial charge is 1.00 e. The summed E-state index contributed by atoms with van der Waals surface area (Å²) in [5.41, 5.74) is 7.43. The molecule has 2 heterocycles. The number of ketones is 3. The first-order valence-corrected chi connectivity index (χ1v) is 46.9. The predicted molar refractivity (Wildman–Crippen MR) is 428 cm³/mol. The number of Topliss-reactive ketones (excluding diaryl/α,β-unsaturated/α-hetero) is 3. The molecule has 0 unspecified atom stereocenters. The van der Waals surface area contributed by atoms with Gasteiger partial charge < -0.3 is 61.2 Å². The summed E-state index contributed by atoms with van der Waals surface area (Å²) in [5.74, 6) is -5.70. The quantitative estimate of drug-likeness (QED) is 0.0145. The van der Waals surface area contributed by atoms with Crippen molar-refractivity contribution in [1.82, 2.24) is 21.0 Å². The van der Waals surface area contributed by atoms with Crippen LogP contribution in [0.2, 0.25) is 0 Å². The Hall–Kier alpha value is -4.23. The van der Waals surface area contributed by atoms with E-state index >= 15 is 0 Å². The third-order valence-corrected chi connectivity index (χ3v) is 23.0. The maximum Gasteiger partial charge on any atom is 1.00 e. The van der Waals surface area contributed by atoms with Gasteiger partial charge in [0.1, 0.15) is 28.6 Å². The number of hydroxylamine groups is 2. The number of rotatable bonds is 38. The average Bonchev–Trinajstić information content (AvgIpc) is 1.69. The summed E-state index contributed by atoms with van der Waals surface area (Å²) in [4.78, 5) is 112. The second-order valence-electron chi connectivity index (χ2n) is 35.2. The van der Waals surface area contributed by atoms with E-state index in [4.69, 9.17) is 48.5 Å². The summed E-state index contributed by atoms with van der Waals surface area (Å²) < 4.78 is 180. The number of hydrogen-bond donors (Lipinski definition) is 8. The molecular formula is C71H137N6NaO32S6. The van der Waals surface area contributed by atoms with Crippen LogP contribution in [0.5, 0.6) is 0 Å². The van der Waals surface area contributed by atoms with Gasteiger partial charge in [0, 0.05) is 56.5 Å². The number of carbonyl (C=O) groups excluding carboxylic acids is 9. The number of aliphatic hydroxyl groups is 2. The van der Waals surface area contributed by atoms with Crippen molar-refractivity contribution in [3.63, 3.8) is 0 Å². The summed E-state index contributed by atoms with van der Waals surface area (Å²) in [7, 11) is -24.1. The number of amides is 5. The van der Waals surface area contributed by atoms with Gasteiger partial charge in [-0.05, 0) is 147 Å². The number of alkyl carbamates (subject to hydrolysis) is 3. The van der Waals surface area contributed by atoms with Gasteiger partial charge in [0.15, 0.2) is 11.6 Å². The fraction of sp³-hybridized carbons (Fsp3) is 0.873. The number of aliphatic hydroxyl groups excluding tert-OH is 2. The average molecular weight is 1800 g/mol. The third kappa shape index (κ3) is 63.7. The zero-order valence-electron chi connectivity index (χ0n) is 72.9. The van der Waals surface area contributed by atoms with Gasteiger partial charge in [-0.3, -0.25) is 36.9 Å². The van der Waals surface area contributed by atoms with Crippen molar-refractivity contribution in [3.05, 3.63) is 0 Å². The van der Waals surface area contributed by atoms with Crippen LogP contribution >= 0.6 is 0 Å². The number of nitrogens with two attached hydrogens (primary N) is 2. The van der Waals surface area contributed by atoms with Crippen molar-refractivity contribution < 1.29 is 174 Å². The van der Waals surface area contributed by atoms with Crippen LogP contribution in [0.15, 0.2) is 0 Å². The first kappa shape index (κ1) is 120. The van der Waals surface area contributed by atoms with Crippen molar-refractivity contribution in [2.24, 2.45) is 56.8 Å². The molecule has 2 aliphatic heterocycles. The van der Waals surface area contributed by atoms with E-state index < -0.39 is 172 Å². The number of carbonyl (C=O) groups is 9. The summed E-state index contributed by atoms with van der Waals surface area (Å²) in [6, 6.07) is -2.87. The molecule has 2 rings (SSSR count). The summed E-state index contributed by atoms with van der Waals surface area (Å²) in [5, 5.41) is 25.8. The fourth-order valence-corrected chi connectivity index (χ4v) is 15.0. The number of nitrogens with zero attached hydrogens (tertiary/aromatic N) is 1. The van der Waals surface area contributed by atoms with Crippen molar-refractivity contribution >= 4 is 114 Å². The van der Waals surface area contributed by atoms with Crippen molar-refractivity contribution in [2.75, 3.05) is 67.5 Å². The Bertz CT molecular complexity index is 3760. The molecular weight excluding hydrogens is 1660 g/mol. The Balaban J connectivity index is -0.000000443. The van der Waals surface area contributed by atoms with Gasteiger partial charge in [-0.1, -0.05) is 111 Å². The normalized spacial score (nSPS) is 15.9. The zero-order valence-corrected chi connectivity index (χ0v) is 79.8. The zero-order chi connectivity index (χ0) is 91.5. The van der Waals surface area contributed by atoms with E-state index in [0.717, 1.165) is 0 Å². The van der Waals surface area contributed by atoms with Gasteiger partial charge in [-0.15, -0.1) is 8.69 Å². The Morgan fingerprint density at radius 3 is 1.07 bits per heavy atom. The van der Waals surface area contributed by atoms with Crippen LogP contribution in [0.25, 0.3) is 0 Å². The molecule has 0 radical (unpaired) electrons. The minimum Gasteiger partial charge on any atom is -0.748 e. The minimum absolute atomic E-state index is 0. The van der Waals surface area contributed by atoms with E-state index in [1.165, 1.54) is 0 Å². The van der Waals surface area contributed by atoms with E-state index in [9.17, 15) is 103 Å². The van der Waals surface area contributed by atoms with Crippen molar-refractivity contribution in [1.29, 1.82) is 0 Å². The summed E-state index contributed by atoms with van der Waals surface area (Å²) >= 11 is 0. The molecule has 0 saturated carbocycles. The third-order valence-electron chi connectivity index (χ3n) is 15.6. The molecule has 2 saturated heterocycles. The maximum absolute atomic E-state index is 12.7. The monoisotopic (exact) mass is 1800 g/mol. The minimum atomic E-state index is -4.49. The van der Waals surface area contributed by atoms with E-state index in [1.54, 1.807) is 118 Å². The van der Waals surface area contributed by atoms with Gasteiger partial charge in [-0.25, -0.2) is 27.6 Å². The Morgan fingerprint density at radius 1 is 0.500 bits per heavy atom. The van der Waals surface area contributed by atoms with Crippen molar-refractivity contribution in [2.45, 2.75) is 285 Å². The molecule has 0 aliphatic carbocycles. The molecule has 4 atom stereocenters.